The van der Waals surface area contributed by atoms with Crippen LogP contribution in [0.15, 0.2) is 47.3 Å². The number of aryl methyl sites for hydroxylation is 1. The summed E-state index contributed by atoms with van der Waals surface area (Å²) in [6.07, 6.45) is 0.942. The molecule has 1 unspecified atom stereocenters. The van der Waals surface area contributed by atoms with Crippen LogP contribution < -0.4 is 10.6 Å². The van der Waals surface area contributed by atoms with Gasteiger partial charge in [0.15, 0.2) is 0 Å². The highest BCUT2D eigenvalue weighted by molar-refractivity contribution is 7.07. The van der Waals surface area contributed by atoms with Crippen LogP contribution in [0, 0.1) is 0 Å². The lowest BCUT2D eigenvalue weighted by Gasteiger charge is -2.11. The Morgan fingerprint density at radius 1 is 1.20 bits per heavy atom. The third-order valence-corrected chi connectivity index (χ3v) is 4.71. The normalized spacial score (nSPS) is 12.1. The van der Waals surface area contributed by atoms with Crippen molar-refractivity contribution in [2.45, 2.75) is 12.6 Å². The number of benzene rings is 1. The molecule has 3 aromatic rings. The van der Waals surface area contributed by atoms with Gasteiger partial charge in [-0.3, -0.25) is 9.59 Å². The highest BCUT2D eigenvalue weighted by atomic mass is 32.1. The second kappa shape index (κ2) is 7.50. The number of aliphatic hydroxyl groups excluding tert-OH is 1. The zero-order valence-corrected chi connectivity index (χ0v) is 14.5. The van der Waals surface area contributed by atoms with Gasteiger partial charge in [-0.2, -0.15) is 11.3 Å². The van der Waals surface area contributed by atoms with E-state index in [4.69, 9.17) is 0 Å². The van der Waals surface area contributed by atoms with E-state index in [9.17, 15) is 14.7 Å². The minimum absolute atomic E-state index is 0.0291. The lowest BCUT2D eigenvalue weighted by Crippen LogP contribution is -2.41. The molecule has 0 aliphatic heterocycles. The molecule has 3 N–H and O–H groups in total. The van der Waals surface area contributed by atoms with Crippen molar-refractivity contribution in [1.29, 1.82) is 0 Å². The standard InChI is InChI=1S/C18H19N3O3S/c1-21-10-14(13-4-2-3-5-15(13)21)16(22)9-20-18(24)17(23)19-8-12-6-7-25-11-12/h2-7,10-11,16,22H,8-9H2,1H3,(H,19,23)(H,20,24). The number of fused-ring (bicyclic) bond motifs is 1. The van der Waals surface area contributed by atoms with Gasteiger partial charge in [0.1, 0.15) is 0 Å². The molecule has 0 aliphatic rings. The molecule has 2 amide bonds. The van der Waals surface area contributed by atoms with Gasteiger partial charge in [0.05, 0.1) is 6.10 Å². The number of aliphatic hydroxyl groups is 1. The second-order valence-electron chi connectivity index (χ2n) is 5.75. The molecular formula is C18H19N3O3S. The average Bonchev–Trinajstić information content (AvgIpc) is 3.26. The first-order valence-corrected chi connectivity index (χ1v) is 8.79. The van der Waals surface area contributed by atoms with Crippen molar-refractivity contribution in [3.05, 3.63) is 58.4 Å². The van der Waals surface area contributed by atoms with E-state index >= 15 is 0 Å². The summed E-state index contributed by atoms with van der Waals surface area (Å²) in [5.41, 5.74) is 2.66. The minimum Gasteiger partial charge on any atom is -0.386 e. The number of hydrogen-bond donors (Lipinski definition) is 3. The summed E-state index contributed by atoms with van der Waals surface area (Å²) in [7, 11) is 1.90. The number of carbonyl (C=O) groups is 2. The molecule has 7 heteroatoms. The average molecular weight is 357 g/mol. The highest BCUT2D eigenvalue weighted by Gasteiger charge is 2.18. The van der Waals surface area contributed by atoms with Crippen molar-refractivity contribution in [3.8, 4) is 0 Å². The molecular weight excluding hydrogens is 338 g/mol. The first-order valence-electron chi connectivity index (χ1n) is 7.85. The van der Waals surface area contributed by atoms with Crippen LogP contribution in [0.3, 0.4) is 0 Å². The number of thiophene rings is 1. The predicted molar refractivity (Wildman–Crippen MR) is 97.1 cm³/mol. The van der Waals surface area contributed by atoms with Crippen LogP contribution in [0.4, 0.5) is 0 Å². The van der Waals surface area contributed by atoms with Gasteiger partial charge in [0.2, 0.25) is 0 Å². The first kappa shape index (κ1) is 17.2. The van der Waals surface area contributed by atoms with Crippen LogP contribution in [-0.2, 0) is 23.2 Å². The lowest BCUT2D eigenvalue weighted by atomic mass is 10.1. The quantitative estimate of drug-likeness (QED) is 0.608. The molecule has 25 heavy (non-hydrogen) atoms. The summed E-state index contributed by atoms with van der Waals surface area (Å²) in [5.74, 6) is -1.47. The molecule has 2 aromatic heterocycles. The number of hydrogen-bond acceptors (Lipinski definition) is 4. The molecule has 0 fully saturated rings. The first-order chi connectivity index (χ1) is 12.1. The maximum Gasteiger partial charge on any atom is 0.309 e. The van der Waals surface area contributed by atoms with Crippen LogP contribution in [-0.4, -0.2) is 28.0 Å². The van der Waals surface area contributed by atoms with E-state index in [-0.39, 0.29) is 6.54 Å². The fourth-order valence-electron chi connectivity index (χ4n) is 2.67. The summed E-state index contributed by atoms with van der Waals surface area (Å²) >= 11 is 1.53. The van der Waals surface area contributed by atoms with E-state index in [1.165, 1.54) is 11.3 Å². The van der Waals surface area contributed by atoms with Crippen molar-refractivity contribution in [3.63, 3.8) is 0 Å². The highest BCUT2D eigenvalue weighted by Crippen LogP contribution is 2.25. The maximum atomic E-state index is 11.9. The van der Waals surface area contributed by atoms with E-state index in [1.807, 2.05) is 58.9 Å². The maximum absolute atomic E-state index is 11.9. The fourth-order valence-corrected chi connectivity index (χ4v) is 3.34. The van der Waals surface area contributed by atoms with Crippen LogP contribution >= 0.6 is 11.3 Å². The van der Waals surface area contributed by atoms with E-state index in [2.05, 4.69) is 10.6 Å². The summed E-state index contributed by atoms with van der Waals surface area (Å²) in [4.78, 5) is 23.7. The topological polar surface area (TPSA) is 83.4 Å². The van der Waals surface area contributed by atoms with Gasteiger partial charge >= 0.3 is 11.8 Å². The number of aromatic nitrogens is 1. The number of para-hydroxylation sites is 1. The third kappa shape index (κ3) is 3.89. The Balaban J connectivity index is 1.56. The molecule has 0 saturated carbocycles. The smallest absolute Gasteiger partial charge is 0.309 e. The second-order valence-corrected chi connectivity index (χ2v) is 6.53. The largest absolute Gasteiger partial charge is 0.386 e. The molecule has 3 rings (SSSR count). The van der Waals surface area contributed by atoms with Crippen LogP contribution in [0.2, 0.25) is 0 Å². The summed E-state index contributed by atoms with van der Waals surface area (Å²) in [6, 6.07) is 9.59. The minimum atomic E-state index is -0.889. The number of carbonyl (C=O) groups excluding carboxylic acids is 2. The molecule has 0 aliphatic carbocycles. The van der Waals surface area contributed by atoms with Crippen molar-refractivity contribution >= 4 is 34.1 Å². The molecule has 0 bridgehead atoms. The molecule has 130 valence electrons. The molecule has 0 radical (unpaired) electrons. The molecule has 2 heterocycles. The Labute approximate surface area is 149 Å². The Morgan fingerprint density at radius 2 is 1.96 bits per heavy atom. The molecule has 1 aromatic carbocycles. The number of nitrogens with zero attached hydrogens (tertiary/aromatic N) is 1. The van der Waals surface area contributed by atoms with Gasteiger partial charge in [-0.25, -0.2) is 0 Å². The van der Waals surface area contributed by atoms with E-state index in [0.29, 0.717) is 6.54 Å². The van der Waals surface area contributed by atoms with E-state index in [1.54, 1.807) is 0 Å². The van der Waals surface area contributed by atoms with Crippen molar-refractivity contribution in [2.24, 2.45) is 7.05 Å². The van der Waals surface area contributed by atoms with Gasteiger partial charge in [0.25, 0.3) is 0 Å². The van der Waals surface area contributed by atoms with Crippen molar-refractivity contribution in [2.75, 3.05) is 6.54 Å². The monoisotopic (exact) mass is 357 g/mol. The number of amides is 2. The molecule has 0 saturated heterocycles. The number of nitrogens with one attached hydrogen (secondary N) is 2. The van der Waals surface area contributed by atoms with Gasteiger partial charge < -0.3 is 20.3 Å². The van der Waals surface area contributed by atoms with Crippen LogP contribution in [0.5, 0.6) is 0 Å². The Kier molecular flexibility index (Phi) is 5.16. The van der Waals surface area contributed by atoms with Gasteiger partial charge in [-0.15, -0.1) is 0 Å². The summed E-state index contributed by atoms with van der Waals surface area (Å²) < 4.78 is 1.92. The van der Waals surface area contributed by atoms with Crippen molar-refractivity contribution in [1.82, 2.24) is 15.2 Å². The molecule has 1 atom stereocenters. The molecule has 0 spiro atoms. The van der Waals surface area contributed by atoms with Gasteiger partial charge in [-0.05, 0) is 28.5 Å². The van der Waals surface area contributed by atoms with Crippen LogP contribution in [0.25, 0.3) is 10.9 Å². The summed E-state index contributed by atoms with van der Waals surface area (Å²) in [6.45, 7) is 0.278. The van der Waals surface area contributed by atoms with Crippen LogP contribution in [0.1, 0.15) is 17.2 Å². The van der Waals surface area contributed by atoms with E-state index in [0.717, 1.165) is 22.0 Å². The van der Waals surface area contributed by atoms with Gasteiger partial charge in [-0.1, -0.05) is 18.2 Å². The zero-order valence-electron chi connectivity index (χ0n) is 13.7. The third-order valence-electron chi connectivity index (χ3n) is 3.98. The number of rotatable bonds is 5. The fraction of sp³-hybridized carbons (Fsp3) is 0.222. The van der Waals surface area contributed by atoms with E-state index < -0.39 is 17.9 Å². The van der Waals surface area contributed by atoms with Gasteiger partial charge in [0, 0.05) is 42.8 Å². The van der Waals surface area contributed by atoms with Crippen molar-refractivity contribution < 1.29 is 14.7 Å². The zero-order chi connectivity index (χ0) is 17.8. The summed E-state index contributed by atoms with van der Waals surface area (Å²) in [5, 5.41) is 20.1. The lowest BCUT2D eigenvalue weighted by molar-refractivity contribution is -0.139. The Bertz CT molecular complexity index is 886. The molecule has 6 nitrogen and oxygen atoms in total. The Morgan fingerprint density at radius 3 is 2.72 bits per heavy atom. The Hall–Kier alpha value is -2.64. The SMILES string of the molecule is Cn1cc(C(O)CNC(=O)C(=O)NCc2ccsc2)c2ccccc21. The predicted octanol–water partition coefficient (Wildman–Crippen LogP) is 1.71.